The van der Waals surface area contributed by atoms with Crippen LogP contribution in [-0.2, 0) is 0 Å². The molecule has 2 aromatic heterocycles. The van der Waals surface area contributed by atoms with Gasteiger partial charge in [-0.2, -0.15) is 0 Å². The van der Waals surface area contributed by atoms with E-state index in [-0.39, 0.29) is 23.1 Å². The highest BCUT2D eigenvalue weighted by Crippen LogP contribution is 2.10. The summed E-state index contributed by atoms with van der Waals surface area (Å²) in [6, 6.07) is 8.09. The number of amides is 1. The van der Waals surface area contributed by atoms with Gasteiger partial charge in [-0.15, -0.1) is 0 Å². The standard InChI is InChI=1S/C12H10BrN5O2/c13-10-3-1-2-9(17-10)12(19)16-7-4-5-8(15-6-7)11(14)18-20/h1-6,20H,(H2,14,18)(H,16,19). The van der Waals surface area contributed by atoms with E-state index in [9.17, 15) is 4.79 Å². The maximum Gasteiger partial charge on any atom is 0.274 e. The Kier molecular flexibility index (Phi) is 4.38. The molecule has 0 aromatic carbocycles. The highest BCUT2D eigenvalue weighted by atomic mass is 79.9. The number of aromatic nitrogens is 2. The third-order valence-electron chi connectivity index (χ3n) is 2.34. The fourth-order valence-corrected chi connectivity index (χ4v) is 1.75. The van der Waals surface area contributed by atoms with E-state index in [2.05, 4.69) is 31.2 Å². The first-order valence-corrected chi connectivity index (χ1v) is 6.28. The minimum Gasteiger partial charge on any atom is -0.319 e. The molecule has 0 unspecified atom stereocenters. The number of hydrogen-bond donors (Lipinski definition) is 4. The van der Waals surface area contributed by atoms with Crippen LogP contribution in [0.4, 0.5) is 5.69 Å². The minimum absolute atomic E-state index is 0.225. The monoisotopic (exact) mass is 335 g/mol. The molecule has 0 saturated heterocycles. The Bertz CT molecular complexity index is 645. The maximum atomic E-state index is 11.9. The van der Waals surface area contributed by atoms with Crippen LogP contribution in [0.1, 0.15) is 16.2 Å². The van der Waals surface area contributed by atoms with Gasteiger partial charge in [0.2, 0.25) is 0 Å². The number of halogens is 1. The molecule has 7 nitrogen and oxygen atoms in total. The van der Waals surface area contributed by atoms with Crippen LogP contribution in [-0.4, -0.2) is 26.9 Å². The van der Waals surface area contributed by atoms with E-state index in [1.165, 1.54) is 12.3 Å². The van der Waals surface area contributed by atoms with Gasteiger partial charge in [0.15, 0.2) is 5.84 Å². The van der Waals surface area contributed by atoms with Crippen LogP contribution in [0.2, 0.25) is 0 Å². The van der Waals surface area contributed by atoms with Gasteiger partial charge in [-0.3, -0.25) is 25.9 Å². The van der Waals surface area contributed by atoms with Crippen LogP contribution in [0.5, 0.6) is 0 Å². The van der Waals surface area contributed by atoms with E-state index in [0.717, 1.165) is 0 Å². The third kappa shape index (κ3) is 3.37. The van der Waals surface area contributed by atoms with Crippen molar-refractivity contribution in [2.45, 2.75) is 0 Å². The third-order valence-corrected chi connectivity index (χ3v) is 2.78. The van der Waals surface area contributed by atoms with Crippen molar-refractivity contribution in [1.82, 2.24) is 15.4 Å². The summed E-state index contributed by atoms with van der Waals surface area (Å²) in [6.07, 6.45) is 1.39. The van der Waals surface area contributed by atoms with Crippen molar-refractivity contribution in [3.8, 4) is 0 Å². The molecule has 0 aliphatic rings. The maximum absolute atomic E-state index is 11.9. The molecule has 0 atom stereocenters. The van der Waals surface area contributed by atoms with Crippen LogP contribution < -0.4 is 10.8 Å². The number of hydrogen-bond acceptors (Lipinski definition) is 5. The molecule has 2 rings (SSSR count). The van der Waals surface area contributed by atoms with Gasteiger partial charge in [-0.25, -0.2) is 4.98 Å². The first-order valence-electron chi connectivity index (χ1n) is 5.49. The highest BCUT2D eigenvalue weighted by molar-refractivity contribution is 9.10. The first-order chi connectivity index (χ1) is 9.60. The molecule has 0 saturated carbocycles. The predicted molar refractivity (Wildman–Crippen MR) is 75.9 cm³/mol. The number of rotatable bonds is 3. The minimum atomic E-state index is -0.365. The van der Waals surface area contributed by atoms with Gasteiger partial charge in [0.05, 0.1) is 11.9 Å². The number of carbonyl (C=O) groups is 1. The molecule has 2 aromatic rings. The summed E-state index contributed by atoms with van der Waals surface area (Å²) >= 11 is 3.19. The van der Waals surface area contributed by atoms with E-state index >= 15 is 0 Å². The molecule has 0 aliphatic carbocycles. The van der Waals surface area contributed by atoms with Crippen molar-refractivity contribution in [3.63, 3.8) is 0 Å². The van der Waals surface area contributed by atoms with E-state index < -0.39 is 0 Å². The number of nitrogens with zero attached hydrogens (tertiary/aromatic N) is 2. The summed E-state index contributed by atoms with van der Waals surface area (Å²) in [5.74, 6) is -0.590. The quantitative estimate of drug-likeness (QED) is 0.296. The Hall–Kier alpha value is -2.32. The van der Waals surface area contributed by atoms with Gasteiger partial charge in [-0.1, -0.05) is 6.07 Å². The molecule has 0 aliphatic heterocycles. The molecule has 2 heterocycles. The second-order valence-electron chi connectivity index (χ2n) is 3.72. The van der Waals surface area contributed by atoms with E-state index in [1.807, 2.05) is 0 Å². The second kappa shape index (κ2) is 6.22. The van der Waals surface area contributed by atoms with Gasteiger partial charge in [0, 0.05) is 0 Å². The van der Waals surface area contributed by atoms with Crippen molar-refractivity contribution < 1.29 is 10.0 Å². The molecule has 0 radical (unpaired) electrons. The van der Waals surface area contributed by atoms with Crippen LogP contribution >= 0.6 is 15.9 Å². The normalized spacial score (nSPS) is 9.90. The number of hydroxylamine groups is 1. The molecule has 102 valence electrons. The summed E-state index contributed by atoms with van der Waals surface area (Å²) in [5, 5.41) is 18.5. The smallest absolute Gasteiger partial charge is 0.274 e. The Morgan fingerprint density at radius 1 is 1.25 bits per heavy atom. The fraction of sp³-hybridized carbons (Fsp3) is 0. The summed E-state index contributed by atoms with van der Waals surface area (Å²) in [5.41, 5.74) is 2.68. The van der Waals surface area contributed by atoms with Crippen molar-refractivity contribution in [2.24, 2.45) is 0 Å². The fourth-order valence-electron chi connectivity index (χ4n) is 1.40. The van der Waals surface area contributed by atoms with E-state index in [1.54, 1.807) is 29.7 Å². The Balaban J connectivity index is 2.10. The number of anilines is 1. The van der Waals surface area contributed by atoms with E-state index in [4.69, 9.17) is 10.6 Å². The van der Waals surface area contributed by atoms with Gasteiger partial charge in [0.1, 0.15) is 16.0 Å². The molecule has 4 N–H and O–H groups in total. The molecule has 8 heteroatoms. The largest absolute Gasteiger partial charge is 0.319 e. The summed E-state index contributed by atoms with van der Waals surface area (Å²) in [4.78, 5) is 19.9. The molecule has 1 amide bonds. The average molecular weight is 336 g/mol. The Morgan fingerprint density at radius 3 is 2.65 bits per heavy atom. The summed E-state index contributed by atoms with van der Waals surface area (Å²) < 4.78 is 0.570. The van der Waals surface area contributed by atoms with Crippen molar-refractivity contribution in [1.29, 1.82) is 5.41 Å². The van der Waals surface area contributed by atoms with Crippen molar-refractivity contribution in [2.75, 3.05) is 5.32 Å². The lowest BCUT2D eigenvalue weighted by molar-refractivity contribution is 0.102. The predicted octanol–water partition coefficient (Wildman–Crippen LogP) is 1.80. The van der Waals surface area contributed by atoms with Crippen LogP contribution in [0.15, 0.2) is 41.1 Å². The number of pyridine rings is 2. The van der Waals surface area contributed by atoms with Gasteiger partial charge < -0.3 is 5.32 Å². The van der Waals surface area contributed by atoms with Crippen molar-refractivity contribution in [3.05, 3.63) is 52.5 Å². The Morgan fingerprint density at radius 2 is 2.05 bits per heavy atom. The highest BCUT2D eigenvalue weighted by Gasteiger charge is 2.08. The zero-order valence-corrected chi connectivity index (χ0v) is 11.7. The van der Waals surface area contributed by atoms with E-state index in [0.29, 0.717) is 10.3 Å². The Labute approximate surface area is 122 Å². The number of nitrogens with one attached hydrogen (secondary N) is 3. The van der Waals surface area contributed by atoms with Crippen LogP contribution in [0.25, 0.3) is 0 Å². The van der Waals surface area contributed by atoms with Crippen LogP contribution in [0.3, 0.4) is 0 Å². The van der Waals surface area contributed by atoms with Crippen LogP contribution in [0, 0.1) is 5.41 Å². The van der Waals surface area contributed by atoms with Gasteiger partial charge in [0.25, 0.3) is 5.91 Å². The zero-order chi connectivity index (χ0) is 14.5. The molecular weight excluding hydrogens is 326 g/mol. The lowest BCUT2D eigenvalue weighted by Gasteiger charge is -2.06. The van der Waals surface area contributed by atoms with Crippen molar-refractivity contribution >= 4 is 33.4 Å². The molecule has 20 heavy (non-hydrogen) atoms. The number of amidine groups is 1. The average Bonchev–Trinajstić information content (AvgIpc) is 2.47. The summed E-state index contributed by atoms with van der Waals surface area (Å²) in [7, 11) is 0. The first kappa shape index (κ1) is 14.1. The molecule has 0 spiro atoms. The molecular formula is C12H10BrN5O2. The lowest BCUT2D eigenvalue weighted by atomic mass is 10.3. The topological polar surface area (TPSA) is 111 Å². The lowest BCUT2D eigenvalue weighted by Crippen LogP contribution is -2.20. The summed E-state index contributed by atoms with van der Waals surface area (Å²) in [6.45, 7) is 0. The van der Waals surface area contributed by atoms with Gasteiger partial charge in [-0.05, 0) is 40.2 Å². The molecule has 0 fully saturated rings. The zero-order valence-electron chi connectivity index (χ0n) is 10.1. The second-order valence-corrected chi connectivity index (χ2v) is 4.53. The van der Waals surface area contributed by atoms with Gasteiger partial charge >= 0.3 is 0 Å². The SMILES string of the molecule is N=C(NO)c1ccc(NC(=O)c2cccc(Br)n2)cn1. The molecule has 0 bridgehead atoms. The number of carbonyl (C=O) groups excluding carboxylic acids is 1.